The summed E-state index contributed by atoms with van der Waals surface area (Å²) in [7, 11) is 0. The minimum Gasteiger partial charge on any atom is -0.508 e. The Bertz CT molecular complexity index is 626. The van der Waals surface area contributed by atoms with Gasteiger partial charge in [0.25, 0.3) is 0 Å². The van der Waals surface area contributed by atoms with Crippen molar-refractivity contribution >= 4 is 11.7 Å². The van der Waals surface area contributed by atoms with Gasteiger partial charge >= 0.3 is 6.03 Å². The molecule has 2 rings (SSSR count). The molecule has 0 aromatic heterocycles. The second-order valence-corrected chi connectivity index (χ2v) is 4.50. The minimum atomic E-state index is -0.476. The number of carbonyl (C=O) groups is 1. The van der Waals surface area contributed by atoms with Crippen LogP contribution in [0.5, 0.6) is 11.5 Å². The first kappa shape index (κ1) is 14.6. The second kappa shape index (κ2) is 6.60. The van der Waals surface area contributed by atoms with Crippen LogP contribution in [0.1, 0.15) is 5.56 Å². The van der Waals surface area contributed by atoms with E-state index in [1.807, 2.05) is 0 Å². The lowest BCUT2D eigenvalue weighted by Crippen LogP contribution is -2.30. The average Bonchev–Trinajstić information content (AvgIpc) is 2.37. The summed E-state index contributed by atoms with van der Waals surface area (Å²) in [4.78, 5) is 11.6. The fourth-order valence-corrected chi connectivity index (χ4v) is 1.86. The van der Waals surface area contributed by atoms with Crippen LogP contribution in [-0.4, -0.2) is 22.8 Å². The lowest BCUT2D eigenvalue weighted by Gasteiger charge is -2.08. The van der Waals surface area contributed by atoms with Crippen molar-refractivity contribution in [1.82, 2.24) is 5.32 Å². The van der Waals surface area contributed by atoms with Gasteiger partial charge in [0.15, 0.2) is 0 Å². The first-order valence-corrected chi connectivity index (χ1v) is 6.35. The van der Waals surface area contributed by atoms with Crippen molar-refractivity contribution in [1.29, 1.82) is 0 Å². The molecular weight excluding hydrogens is 275 g/mol. The molecule has 0 aliphatic heterocycles. The van der Waals surface area contributed by atoms with E-state index in [2.05, 4.69) is 10.6 Å². The number of nitrogens with one attached hydrogen (secondary N) is 2. The molecule has 0 radical (unpaired) electrons. The van der Waals surface area contributed by atoms with Crippen LogP contribution in [0.25, 0.3) is 0 Å². The van der Waals surface area contributed by atoms with Gasteiger partial charge in [0.05, 0.1) is 0 Å². The van der Waals surface area contributed by atoms with E-state index in [0.717, 1.165) is 11.6 Å². The molecule has 0 bridgehead atoms. The molecule has 0 spiro atoms. The molecule has 110 valence electrons. The number of aromatic hydroxyl groups is 2. The zero-order valence-corrected chi connectivity index (χ0v) is 11.1. The number of urea groups is 1. The number of halogens is 1. The van der Waals surface area contributed by atoms with E-state index in [9.17, 15) is 19.4 Å². The monoisotopic (exact) mass is 290 g/mol. The Kier molecular flexibility index (Phi) is 4.61. The molecule has 0 fully saturated rings. The highest BCUT2D eigenvalue weighted by Crippen LogP contribution is 2.23. The molecule has 2 aromatic rings. The van der Waals surface area contributed by atoms with Crippen molar-refractivity contribution < 1.29 is 19.4 Å². The molecule has 5 nitrogen and oxygen atoms in total. The quantitative estimate of drug-likeness (QED) is 0.698. The van der Waals surface area contributed by atoms with E-state index >= 15 is 0 Å². The largest absolute Gasteiger partial charge is 0.508 e. The van der Waals surface area contributed by atoms with Gasteiger partial charge in [-0.15, -0.1) is 0 Å². The summed E-state index contributed by atoms with van der Waals surface area (Å²) in [6, 6.07) is 9.46. The fraction of sp³-hybridized carbons (Fsp3) is 0.133. The summed E-state index contributed by atoms with van der Waals surface area (Å²) >= 11 is 0. The van der Waals surface area contributed by atoms with Gasteiger partial charge in [-0.25, -0.2) is 9.18 Å². The predicted molar refractivity (Wildman–Crippen MR) is 76.9 cm³/mol. The molecule has 0 unspecified atom stereocenters. The Balaban J connectivity index is 1.82. The van der Waals surface area contributed by atoms with Crippen LogP contribution in [-0.2, 0) is 6.42 Å². The molecule has 6 heteroatoms. The average molecular weight is 290 g/mol. The Morgan fingerprint density at radius 1 is 1.10 bits per heavy atom. The van der Waals surface area contributed by atoms with Crippen LogP contribution in [0.4, 0.5) is 14.9 Å². The summed E-state index contributed by atoms with van der Waals surface area (Å²) in [6.07, 6.45) is 0.496. The molecule has 2 aromatic carbocycles. The van der Waals surface area contributed by atoms with Gasteiger partial charge < -0.3 is 20.8 Å². The van der Waals surface area contributed by atoms with E-state index in [1.54, 1.807) is 12.1 Å². The topological polar surface area (TPSA) is 81.6 Å². The predicted octanol–water partition coefficient (Wildman–Crippen LogP) is 2.60. The van der Waals surface area contributed by atoms with E-state index in [-0.39, 0.29) is 23.0 Å². The summed E-state index contributed by atoms with van der Waals surface area (Å²) in [5.74, 6) is -0.609. The molecule has 0 aliphatic rings. The summed E-state index contributed by atoms with van der Waals surface area (Å²) in [5.41, 5.74) is 1.06. The molecule has 0 saturated heterocycles. The Hall–Kier alpha value is -2.76. The van der Waals surface area contributed by atoms with Crippen LogP contribution in [0.2, 0.25) is 0 Å². The lowest BCUT2D eigenvalue weighted by atomic mass is 10.1. The number of phenolic OH excluding ortho intramolecular Hbond substituents is 2. The maximum Gasteiger partial charge on any atom is 0.319 e. The maximum absolute atomic E-state index is 13.0. The maximum atomic E-state index is 13.0. The number of hydrogen-bond acceptors (Lipinski definition) is 3. The van der Waals surface area contributed by atoms with Crippen molar-refractivity contribution in [3.63, 3.8) is 0 Å². The Morgan fingerprint density at radius 3 is 2.48 bits per heavy atom. The van der Waals surface area contributed by atoms with E-state index in [1.165, 1.54) is 24.3 Å². The minimum absolute atomic E-state index is 0.148. The van der Waals surface area contributed by atoms with Crippen molar-refractivity contribution in [3.05, 3.63) is 53.8 Å². The van der Waals surface area contributed by atoms with Gasteiger partial charge in [-0.05, 0) is 24.1 Å². The molecule has 2 amide bonds. The first-order chi connectivity index (χ1) is 10.0. The zero-order valence-electron chi connectivity index (χ0n) is 11.1. The number of anilines is 1. The Morgan fingerprint density at radius 2 is 1.81 bits per heavy atom. The van der Waals surface area contributed by atoms with Crippen LogP contribution >= 0.6 is 0 Å². The molecule has 21 heavy (non-hydrogen) atoms. The number of carbonyl (C=O) groups excluding carboxylic acids is 1. The van der Waals surface area contributed by atoms with Gasteiger partial charge in [0, 0.05) is 30.4 Å². The standard InChI is InChI=1S/C15H15FN2O3/c16-11-3-1-2-10(6-11)4-5-17-15(21)18-12-7-13(19)9-14(20)8-12/h1-3,6-9,19-20H,4-5H2,(H2,17,18,21). The number of amides is 2. The number of benzene rings is 2. The molecular formula is C15H15FN2O3. The third-order valence-corrected chi connectivity index (χ3v) is 2.75. The third kappa shape index (κ3) is 4.68. The van der Waals surface area contributed by atoms with E-state index in [4.69, 9.17) is 0 Å². The molecule has 0 saturated carbocycles. The SMILES string of the molecule is O=C(NCCc1cccc(F)c1)Nc1cc(O)cc(O)c1. The smallest absolute Gasteiger partial charge is 0.319 e. The van der Waals surface area contributed by atoms with E-state index < -0.39 is 6.03 Å². The van der Waals surface area contributed by atoms with Crippen molar-refractivity contribution in [2.75, 3.05) is 11.9 Å². The molecule has 0 atom stereocenters. The molecule has 0 aliphatic carbocycles. The highest BCUT2D eigenvalue weighted by molar-refractivity contribution is 5.89. The van der Waals surface area contributed by atoms with Crippen LogP contribution < -0.4 is 10.6 Å². The first-order valence-electron chi connectivity index (χ1n) is 6.35. The van der Waals surface area contributed by atoms with E-state index in [0.29, 0.717) is 13.0 Å². The van der Waals surface area contributed by atoms with Gasteiger partial charge in [-0.1, -0.05) is 12.1 Å². The van der Waals surface area contributed by atoms with Gasteiger partial charge in [-0.3, -0.25) is 0 Å². The number of phenols is 2. The Labute approximate surface area is 121 Å². The molecule has 4 N–H and O–H groups in total. The number of rotatable bonds is 4. The van der Waals surface area contributed by atoms with Crippen LogP contribution in [0.3, 0.4) is 0 Å². The van der Waals surface area contributed by atoms with Crippen molar-refractivity contribution in [2.24, 2.45) is 0 Å². The number of hydrogen-bond donors (Lipinski definition) is 4. The van der Waals surface area contributed by atoms with Gasteiger partial charge in [0.2, 0.25) is 0 Å². The third-order valence-electron chi connectivity index (χ3n) is 2.75. The lowest BCUT2D eigenvalue weighted by molar-refractivity contribution is 0.252. The van der Waals surface area contributed by atoms with Crippen molar-refractivity contribution in [3.8, 4) is 11.5 Å². The summed E-state index contributed by atoms with van der Waals surface area (Å²) < 4.78 is 13.0. The summed E-state index contributed by atoms with van der Waals surface area (Å²) in [5, 5.41) is 23.7. The second-order valence-electron chi connectivity index (χ2n) is 4.50. The van der Waals surface area contributed by atoms with Gasteiger partial charge in [-0.2, -0.15) is 0 Å². The molecule has 0 heterocycles. The normalized spacial score (nSPS) is 10.1. The zero-order chi connectivity index (χ0) is 15.2. The van der Waals surface area contributed by atoms with Crippen LogP contribution in [0.15, 0.2) is 42.5 Å². The highest BCUT2D eigenvalue weighted by atomic mass is 19.1. The van der Waals surface area contributed by atoms with Crippen molar-refractivity contribution in [2.45, 2.75) is 6.42 Å². The van der Waals surface area contributed by atoms with Crippen LogP contribution in [0, 0.1) is 5.82 Å². The highest BCUT2D eigenvalue weighted by Gasteiger charge is 2.04. The fourth-order valence-electron chi connectivity index (χ4n) is 1.86. The van der Waals surface area contributed by atoms with Gasteiger partial charge in [0.1, 0.15) is 17.3 Å². The summed E-state index contributed by atoms with van der Waals surface area (Å²) in [6.45, 7) is 0.333.